The van der Waals surface area contributed by atoms with Crippen LogP contribution in [-0.4, -0.2) is 28.6 Å². The van der Waals surface area contributed by atoms with Gasteiger partial charge < -0.3 is 5.11 Å². The van der Waals surface area contributed by atoms with Crippen molar-refractivity contribution in [2.45, 2.75) is 65.3 Å². The van der Waals surface area contributed by atoms with Gasteiger partial charge in [0.1, 0.15) is 0 Å². The molecule has 132 valence electrons. The van der Waals surface area contributed by atoms with Gasteiger partial charge in [0.2, 0.25) is 0 Å². The van der Waals surface area contributed by atoms with E-state index in [2.05, 4.69) is 69.0 Å². The zero-order chi connectivity index (χ0) is 17.4. The summed E-state index contributed by atoms with van der Waals surface area (Å²) in [7, 11) is 0. The van der Waals surface area contributed by atoms with Gasteiger partial charge in [-0.15, -0.1) is 0 Å². The number of hydrogen-bond acceptors (Lipinski definition) is 2. The summed E-state index contributed by atoms with van der Waals surface area (Å²) in [4.78, 5) is 2.76. The highest BCUT2D eigenvalue weighted by atomic mass is 16.3. The van der Waals surface area contributed by atoms with Crippen molar-refractivity contribution in [1.29, 1.82) is 0 Å². The normalized spacial score (nSPS) is 29.9. The molecule has 2 heteroatoms. The molecular formula is C22H33NO. The quantitative estimate of drug-likeness (QED) is 0.808. The van der Waals surface area contributed by atoms with Gasteiger partial charge in [0, 0.05) is 17.4 Å². The lowest BCUT2D eigenvalue weighted by Crippen LogP contribution is -2.69. The highest BCUT2D eigenvalue weighted by Crippen LogP contribution is 2.57. The van der Waals surface area contributed by atoms with Crippen LogP contribution in [-0.2, 0) is 6.42 Å². The zero-order valence-corrected chi connectivity index (χ0v) is 15.8. The molecule has 1 aromatic rings. The Balaban J connectivity index is 2.13. The molecule has 1 fully saturated rings. The third kappa shape index (κ3) is 2.79. The van der Waals surface area contributed by atoms with Crippen LogP contribution >= 0.6 is 0 Å². The number of hydrogen-bond donors (Lipinski definition) is 1. The second-order valence-corrected chi connectivity index (χ2v) is 8.99. The van der Waals surface area contributed by atoms with Gasteiger partial charge in [0.25, 0.3) is 0 Å². The fourth-order valence-corrected chi connectivity index (χ4v) is 5.64. The van der Waals surface area contributed by atoms with Gasteiger partial charge in [-0.1, -0.05) is 64.4 Å². The van der Waals surface area contributed by atoms with Crippen LogP contribution in [0.5, 0.6) is 0 Å². The summed E-state index contributed by atoms with van der Waals surface area (Å²) in [5, 5.41) is 10.4. The molecule has 1 aromatic carbocycles. The van der Waals surface area contributed by atoms with Crippen molar-refractivity contribution in [3.05, 3.63) is 47.7 Å². The molecule has 2 aliphatic rings. The standard InChI is InChI=1S/C22H33NO/c1-20(2)16-19(24)17-21(3,4)22(20,23-13-9-6-10-14-23)15-18-11-7-5-8-12-18/h5,7-8,11-12,16,24H,6,9-10,13-15,17H2,1-4H3. The average Bonchev–Trinajstić information content (AvgIpc) is 2.51. The van der Waals surface area contributed by atoms with Crippen LogP contribution in [0.15, 0.2) is 42.2 Å². The first-order chi connectivity index (χ1) is 11.3. The van der Waals surface area contributed by atoms with Gasteiger partial charge in [0.15, 0.2) is 0 Å². The fourth-order valence-electron chi connectivity index (χ4n) is 5.64. The van der Waals surface area contributed by atoms with Crippen molar-refractivity contribution in [2.75, 3.05) is 13.1 Å². The van der Waals surface area contributed by atoms with Crippen molar-refractivity contribution in [3.63, 3.8) is 0 Å². The van der Waals surface area contributed by atoms with E-state index in [1.54, 1.807) is 0 Å². The Morgan fingerprint density at radius 1 is 0.958 bits per heavy atom. The molecule has 2 nitrogen and oxygen atoms in total. The molecule has 0 amide bonds. The van der Waals surface area contributed by atoms with E-state index < -0.39 is 0 Å². The Morgan fingerprint density at radius 2 is 1.58 bits per heavy atom. The Labute approximate surface area is 147 Å². The second kappa shape index (κ2) is 6.22. The second-order valence-electron chi connectivity index (χ2n) is 8.99. The molecule has 0 radical (unpaired) electrons. The number of likely N-dealkylation sites (tertiary alicyclic amines) is 1. The summed E-state index contributed by atoms with van der Waals surface area (Å²) >= 11 is 0. The molecule has 0 bridgehead atoms. The van der Waals surface area contributed by atoms with Crippen LogP contribution in [0.3, 0.4) is 0 Å². The first kappa shape index (κ1) is 17.5. The first-order valence-corrected chi connectivity index (χ1v) is 9.48. The maximum Gasteiger partial charge on any atom is 0.0895 e. The van der Waals surface area contributed by atoms with Crippen LogP contribution in [0, 0.1) is 10.8 Å². The molecule has 1 aliphatic carbocycles. The lowest BCUT2D eigenvalue weighted by Gasteiger charge is -2.63. The molecule has 1 unspecified atom stereocenters. The number of rotatable bonds is 3. The molecule has 1 aliphatic heterocycles. The highest BCUT2D eigenvalue weighted by molar-refractivity contribution is 5.29. The molecule has 1 saturated heterocycles. The minimum atomic E-state index is -0.0774. The van der Waals surface area contributed by atoms with Gasteiger partial charge in [-0.2, -0.15) is 0 Å². The van der Waals surface area contributed by atoms with Crippen LogP contribution < -0.4 is 0 Å². The van der Waals surface area contributed by atoms with E-state index in [0.29, 0.717) is 5.76 Å². The number of nitrogens with zero attached hydrogens (tertiary/aromatic N) is 1. The number of benzene rings is 1. The van der Waals surface area contributed by atoms with Crippen molar-refractivity contribution in [2.24, 2.45) is 10.8 Å². The summed E-state index contributed by atoms with van der Waals surface area (Å²) in [6.45, 7) is 11.7. The zero-order valence-electron chi connectivity index (χ0n) is 15.8. The molecular weight excluding hydrogens is 294 g/mol. The molecule has 1 heterocycles. The highest BCUT2D eigenvalue weighted by Gasteiger charge is 2.59. The summed E-state index contributed by atoms with van der Waals surface area (Å²) in [5.74, 6) is 0.561. The van der Waals surface area contributed by atoms with Gasteiger partial charge in [0.05, 0.1) is 5.76 Å². The van der Waals surface area contributed by atoms with Crippen LogP contribution in [0.25, 0.3) is 0 Å². The molecule has 0 spiro atoms. The molecule has 1 N–H and O–H groups in total. The maximum absolute atomic E-state index is 10.4. The Bertz CT molecular complexity index is 596. The van der Waals surface area contributed by atoms with Gasteiger partial charge in [-0.25, -0.2) is 0 Å². The van der Waals surface area contributed by atoms with E-state index >= 15 is 0 Å². The number of aliphatic hydroxyl groups excluding tert-OH is 1. The molecule has 24 heavy (non-hydrogen) atoms. The van der Waals surface area contributed by atoms with E-state index in [-0.39, 0.29) is 16.4 Å². The predicted molar refractivity (Wildman–Crippen MR) is 101 cm³/mol. The smallest absolute Gasteiger partial charge is 0.0895 e. The average molecular weight is 328 g/mol. The molecule has 1 atom stereocenters. The van der Waals surface area contributed by atoms with Crippen molar-refractivity contribution < 1.29 is 5.11 Å². The lowest BCUT2D eigenvalue weighted by atomic mass is 9.51. The largest absolute Gasteiger partial charge is 0.513 e. The number of allylic oxidation sites excluding steroid dienone is 1. The molecule has 0 aromatic heterocycles. The third-order valence-corrected chi connectivity index (χ3v) is 6.53. The predicted octanol–water partition coefficient (Wildman–Crippen LogP) is 5.35. The number of aliphatic hydroxyl groups is 1. The van der Waals surface area contributed by atoms with E-state index in [4.69, 9.17) is 0 Å². The number of piperidine rings is 1. The summed E-state index contributed by atoms with van der Waals surface area (Å²) < 4.78 is 0. The van der Waals surface area contributed by atoms with E-state index in [9.17, 15) is 5.11 Å². The Hall–Kier alpha value is -1.28. The summed E-state index contributed by atoms with van der Waals surface area (Å²) in [6, 6.07) is 10.9. The SMILES string of the molecule is CC1(C)C=C(O)CC(C)(C)C1(Cc1ccccc1)N1CCCCC1. The maximum atomic E-state index is 10.4. The monoisotopic (exact) mass is 327 g/mol. The van der Waals surface area contributed by atoms with Crippen LogP contribution in [0.2, 0.25) is 0 Å². The Kier molecular flexibility index (Phi) is 4.55. The van der Waals surface area contributed by atoms with E-state index in [0.717, 1.165) is 12.8 Å². The fraction of sp³-hybridized carbons (Fsp3) is 0.636. The van der Waals surface area contributed by atoms with Gasteiger partial charge in [-0.3, -0.25) is 4.90 Å². The van der Waals surface area contributed by atoms with Crippen molar-refractivity contribution >= 4 is 0 Å². The van der Waals surface area contributed by atoms with Crippen molar-refractivity contribution in [3.8, 4) is 0 Å². The van der Waals surface area contributed by atoms with Crippen molar-refractivity contribution in [1.82, 2.24) is 4.90 Å². The molecule has 3 rings (SSSR count). The summed E-state index contributed by atoms with van der Waals surface area (Å²) in [5.41, 5.74) is 1.36. The van der Waals surface area contributed by atoms with Crippen LogP contribution in [0.4, 0.5) is 0 Å². The van der Waals surface area contributed by atoms with Gasteiger partial charge >= 0.3 is 0 Å². The summed E-state index contributed by atoms with van der Waals surface area (Å²) in [6.07, 6.45) is 7.86. The van der Waals surface area contributed by atoms with Gasteiger partial charge in [-0.05, 0) is 49.4 Å². The Morgan fingerprint density at radius 3 is 2.17 bits per heavy atom. The van der Waals surface area contributed by atoms with E-state index in [1.807, 2.05) is 0 Å². The third-order valence-electron chi connectivity index (χ3n) is 6.53. The minimum absolute atomic E-state index is 0.0164. The lowest BCUT2D eigenvalue weighted by molar-refractivity contribution is -0.105. The minimum Gasteiger partial charge on any atom is -0.513 e. The van der Waals surface area contributed by atoms with Crippen LogP contribution in [0.1, 0.15) is 58.9 Å². The van der Waals surface area contributed by atoms with E-state index in [1.165, 1.54) is 37.9 Å². The first-order valence-electron chi connectivity index (χ1n) is 9.48. The topological polar surface area (TPSA) is 23.5 Å². The molecule has 0 saturated carbocycles.